The van der Waals surface area contributed by atoms with Gasteiger partial charge in [-0.2, -0.15) is 0 Å². The summed E-state index contributed by atoms with van der Waals surface area (Å²) in [6.07, 6.45) is 1.72. The van der Waals surface area contributed by atoms with Gasteiger partial charge in [0.1, 0.15) is 12.4 Å². The van der Waals surface area contributed by atoms with Crippen LogP contribution in [0.25, 0.3) is 6.08 Å². The van der Waals surface area contributed by atoms with Gasteiger partial charge in [-0.05, 0) is 72.1 Å². The van der Waals surface area contributed by atoms with Gasteiger partial charge < -0.3 is 9.47 Å². The van der Waals surface area contributed by atoms with E-state index in [4.69, 9.17) is 21.1 Å². The molecule has 0 amide bonds. The first-order chi connectivity index (χ1) is 19.7. The van der Waals surface area contributed by atoms with Crippen LogP contribution in [-0.4, -0.2) is 17.1 Å². The number of ether oxygens (including phenoxy) is 2. The molecular formula is C31H25BrClFN2O4S. The predicted octanol–water partition coefficient (Wildman–Crippen LogP) is 6.24. The maximum Gasteiger partial charge on any atom is 0.338 e. The number of rotatable bonds is 7. The van der Waals surface area contributed by atoms with E-state index in [0.717, 1.165) is 11.1 Å². The molecule has 1 aliphatic rings. The van der Waals surface area contributed by atoms with Gasteiger partial charge in [-0.1, -0.05) is 71.0 Å². The van der Waals surface area contributed by atoms with Crippen molar-refractivity contribution in [3.05, 3.63) is 129 Å². The van der Waals surface area contributed by atoms with E-state index in [2.05, 4.69) is 20.9 Å². The van der Waals surface area contributed by atoms with E-state index in [9.17, 15) is 14.0 Å². The molecule has 1 aromatic heterocycles. The molecular weight excluding hydrogens is 631 g/mol. The third-order valence-electron chi connectivity index (χ3n) is 6.56. The second-order valence-electron chi connectivity index (χ2n) is 9.41. The van der Waals surface area contributed by atoms with Crippen molar-refractivity contribution < 1.29 is 18.7 Å². The third kappa shape index (κ3) is 5.93. The highest BCUT2D eigenvalue weighted by atomic mass is 79.9. The lowest BCUT2D eigenvalue weighted by atomic mass is 9.95. The van der Waals surface area contributed by atoms with Gasteiger partial charge in [-0.3, -0.25) is 9.36 Å². The van der Waals surface area contributed by atoms with Crippen LogP contribution in [0.4, 0.5) is 4.39 Å². The van der Waals surface area contributed by atoms with Crippen molar-refractivity contribution in [3.63, 3.8) is 0 Å². The van der Waals surface area contributed by atoms with Gasteiger partial charge in [0, 0.05) is 5.56 Å². The summed E-state index contributed by atoms with van der Waals surface area (Å²) in [6, 6.07) is 16.8. The Balaban J connectivity index is 1.56. The number of esters is 1. The predicted molar refractivity (Wildman–Crippen MR) is 161 cm³/mol. The lowest BCUT2D eigenvalue weighted by Gasteiger charge is -2.24. The molecule has 0 spiro atoms. The van der Waals surface area contributed by atoms with Crippen molar-refractivity contribution in [3.8, 4) is 5.75 Å². The highest BCUT2D eigenvalue weighted by Gasteiger charge is 2.33. The molecule has 0 saturated heterocycles. The molecule has 0 N–H and O–H groups in total. The molecule has 2 heterocycles. The number of benzene rings is 3. The fourth-order valence-corrected chi connectivity index (χ4v) is 6.61. The Hall–Kier alpha value is -3.53. The summed E-state index contributed by atoms with van der Waals surface area (Å²) in [5.41, 5.74) is 3.44. The zero-order chi connectivity index (χ0) is 29.3. The minimum absolute atomic E-state index is 0.00407. The zero-order valence-corrected chi connectivity index (χ0v) is 25.6. The first-order valence-corrected chi connectivity index (χ1v) is 14.8. The van der Waals surface area contributed by atoms with Gasteiger partial charge in [0.05, 0.1) is 37.9 Å². The fraction of sp³-hybridized carbons (Fsp3) is 0.194. The number of halogens is 3. The van der Waals surface area contributed by atoms with E-state index in [-0.39, 0.29) is 24.6 Å². The molecule has 10 heteroatoms. The first kappa shape index (κ1) is 29.0. The minimum atomic E-state index is -0.683. The van der Waals surface area contributed by atoms with E-state index in [1.54, 1.807) is 54.8 Å². The lowest BCUT2D eigenvalue weighted by Crippen LogP contribution is -2.39. The number of allylic oxidation sites excluding steroid dienone is 1. The summed E-state index contributed by atoms with van der Waals surface area (Å²) >= 11 is 11.3. The summed E-state index contributed by atoms with van der Waals surface area (Å²) in [4.78, 5) is 32.0. The number of hydrogen-bond acceptors (Lipinski definition) is 6. The maximum atomic E-state index is 14.0. The van der Waals surface area contributed by atoms with Gasteiger partial charge in [-0.15, -0.1) is 0 Å². The number of aryl methyl sites for hydroxylation is 1. The Kier molecular flexibility index (Phi) is 8.58. The Morgan fingerprint density at radius 2 is 1.90 bits per heavy atom. The Morgan fingerprint density at radius 3 is 2.59 bits per heavy atom. The monoisotopic (exact) mass is 654 g/mol. The van der Waals surface area contributed by atoms with Crippen molar-refractivity contribution in [2.24, 2.45) is 4.99 Å². The van der Waals surface area contributed by atoms with E-state index < -0.39 is 12.0 Å². The topological polar surface area (TPSA) is 69.9 Å². The molecule has 0 saturated carbocycles. The molecule has 5 rings (SSSR count). The van der Waals surface area contributed by atoms with Gasteiger partial charge >= 0.3 is 5.97 Å². The molecule has 0 radical (unpaired) electrons. The van der Waals surface area contributed by atoms with Gasteiger partial charge in [0.15, 0.2) is 10.6 Å². The number of thiazole rings is 1. The maximum absolute atomic E-state index is 14.0. The average Bonchev–Trinajstić information content (AvgIpc) is 3.23. The van der Waals surface area contributed by atoms with Crippen LogP contribution in [-0.2, 0) is 16.1 Å². The molecule has 0 aliphatic carbocycles. The summed E-state index contributed by atoms with van der Waals surface area (Å²) in [6.45, 7) is 5.67. The van der Waals surface area contributed by atoms with E-state index in [1.807, 2.05) is 31.2 Å². The van der Waals surface area contributed by atoms with E-state index in [0.29, 0.717) is 47.0 Å². The largest absolute Gasteiger partial charge is 0.486 e. The minimum Gasteiger partial charge on any atom is -0.486 e. The smallest absolute Gasteiger partial charge is 0.338 e. The standard InChI is InChI=1S/C31H25BrClFN2O4S/c1-4-39-30(38)26-18(3)35-31-36(27(26)20-11-9-17(2)10-12-20)29(37)25(41-31)15-19-13-22(32)28(23(33)14-19)40-16-21-7-5-6-8-24(21)34/h5-15,27H,4,16H2,1-3H3/b25-15+/t27-/m0/s1. The van der Waals surface area contributed by atoms with Crippen LogP contribution >= 0.6 is 38.9 Å². The highest BCUT2D eigenvalue weighted by molar-refractivity contribution is 9.10. The Bertz CT molecular complexity index is 1840. The van der Waals surface area contributed by atoms with Gasteiger partial charge in [0.25, 0.3) is 5.56 Å². The molecule has 210 valence electrons. The van der Waals surface area contributed by atoms with Gasteiger partial charge in [0.2, 0.25) is 0 Å². The highest BCUT2D eigenvalue weighted by Crippen LogP contribution is 2.36. The van der Waals surface area contributed by atoms with E-state index in [1.165, 1.54) is 17.4 Å². The molecule has 41 heavy (non-hydrogen) atoms. The molecule has 1 atom stereocenters. The van der Waals surface area contributed by atoms with Gasteiger partial charge in [-0.25, -0.2) is 14.2 Å². The molecule has 3 aromatic carbocycles. The van der Waals surface area contributed by atoms with E-state index >= 15 is 0 Å². The summed E-state index contributed by atoms with van der Waals surface area (Å²) in [5.74, 6) is -0.505. The van der Waals surface area contributed by atoms with Crippen molar-refractivity contribution in [1.82, 2.24) is 4.57 Å². The van der Waals surface area contributed by atoms with Crippen LogP contribution in [0, 0.1) is 12.7 Å². The van der Waals surface area contributed by atoms with Crippen LogP contribution in [0.3, 0.4) is 0 Å². The van der Waals surface area contributed by atoms with Crippen LogP contribution in [0.15, 0.2) is 86.2 Å². The van der Waals surface area contributed by atoms with Crippen LogP contribution in [0.5, 0.6) is 5.75 Å². The Morgan fingerprint density at radius 1 is 1.17 bits per heavy atom. The number of nitrogens with zero attached hydrogens (tertiary/aromatic N) is 2. The first-order valence-electron chi connectivity index (χ1n) is 12.8. The lowest BCUT2D eigenvalue weighted by molar-refractivity contribution is -0.139. The molecule has 0 bridgehead atoms. The number of carbonyl (C=O) groups excluding carboxylic acids is 1. The second kappa shape index (κ2) is 12.1. The van der Waals surface area contributed by atoms with Crippen LogP contribution in [0.1, 0.15) is 42.1 Å². The van der Waals surface area contributed by atoms with Crippen LogP contribution in [0.2, 0.25) is 5.02 Å². The zero-order valence-electron chi connectivity index (χ0n) is 22.4. The molecule has 0 unspecified atom stereocenters. The number of carbonyl (C=O) groups is 1. The fourth-order valence-electron chi connectivity index (χ4n) is 4.57. The molecule has 4 aromatic rings. The number of aromatic nitrogens is 1. The number of fused-ring (bicyclic) bond motifs is 1. The molecule has 6 nitrogen and oxygen atoms in total. The van der Waals surface area contributed by atoms with Crippen molar-refractivity contribution in [2.45, 2.75) is 33.4 Å². The average molecular weight is 656 g/mol. The van der Waals surface area contributed by atoms with Crippen molar-refractivity contribution >= 4 is 50.9 Å². The quantitative estimate of drug-likeness (QED) is 0.221. The number of hydrogen-bond donors (Lipinski definition) is 0. The SMILES string of the molecule is CCOC(=O)C1=C(C)N=c2s/c(=C/c3cc(Cl)c(OCc4ccccc4F)c(Br)c3)c(=O)n2[C@H]1c1ccc(C)cc1. The van der Waals surface area contributed by atoms with Crippen LogP contribution < -0.4 is 19.6 Å². The summed E-state index contributed by atoms with van der Waals surface area (Å²) < 4.78 is 27.7. The second-order valence-corrected chi connectivity index (χ2v) is 11.7. The summed E-state index contributed by atoms with van der Waals surface area (Å²) in [7, 11) is 0. The Labute approximate surface area is 253 Å². The van der Waals surface area contributed by atoms with Crippen molar-refractivity contribution in [2.75, 3.05) is 6.61 Å². The van der Waals surface area contributed by atoms with Crippen molar-refractivity contribution in [1.29, 1.82) is 0 Å². The molecule has 0 fully saturated rings. The normalized spacial score (nSPS) is 15.0. The molecule has 1 aliphatic heterocycles. The third-order valence-corrected chi connectivity index (χ3v) is 8.41. The summed E-state index contributed by atoms with van der Waals surface area (Å²) in [5, 5.41) is 0.299.